The number of anilines is 1. The molecular weight excluding hydrogens is 358 g/mol. The second kappa shape index (κ2) is 7.36. The maximum absolute atomic E-state index is 12.2. The highest BCUT2D eigenvalue weighted by Crippen LogP contribution is 2.24. The van der Waals surface area contributed by atoms with Gasteiger partial charge in [0, 0.05) is 17.8 Å². The number of nitrogens with one attached hydrogen (secondary N) is 2. The highest BCUT2D eigenvalue weighted by Gasteiger charge is 2.11. The molecule has 0 fully saturated rings. The van der Waals surface area contributed by atoms with Crippen LogP contribution in [0.4, 0.5) is 11.6 Å². The Kier molecular flexibility index (Phi) is 4.81. The number of sulfonamides is 1. The fraction of sp³-hybridized carbons (Fsp3) is 0. The van der Waals surface area contributed by atoms with Crippen LogP contribution in [0.3, 0.4) is 0 Å². The number of benzene rings is 1. The Labute approximate surface area is 147 Å². The minimum absolute atomic E-state index is 0.0156. The Morgan fingerprint density at radius 1 is 1.23 bits per heavy atom. The third-order valence-electron chi connectivity index (χ3n) is 3.00. The minimum atomic E-state index is -3.93. The molecule has 2 N–H and O–H groups in total. The molecule has 3 rings (SSSR count). The van der Waals surface area contributed by atoms with Crippen molar-refractivity contribution in [2.75, 3.05) is 5.32 Å². The van der Waals surface area contributed by atoms with Crippen molar-refractivity contribution in [1.82, 2.24) is 30.6 Å². The summed E-state index contributed by atoms with van der Waals surface area (Å²) in [5, 5.41) is 25.0. The van der Waals surface area contributed by atoms with Crippen LogP contribution in [0, 0.1) is 11.3 Å². The lowest BCUT2D eigenvalue weighted by molar-refractivity contribution is 0.603. The minimum Gasteiger partial charge on any atom is -0.366 e. The fourth-order valence-electron chi connectivity index (χ4n) is 1.80. The number of hydrogen-bond donors (Lipinski definition) is 2. The third-order valence-corrected chi connectivity index (χ3v) is 4.27. The molecule has 11 nitrogen and oxygen atoms in total. The Bertz CT molecular complexity index is 1040. The lowest BCUT2D eigenvalue weighted by Crippen LogP contribution is -2.00. The number of hydrogen-bond acceptors (Lipinski definition) is 9. The van der Waals surface area contributed by atoms with E-state index in [9.17, 15) is 8.42 Å². The van der Waals surface area contributed by atoms with E-state index in [0.29, 0.717) is 5.69 Å². The van der Waals surface area contributed by atoms with Crippen LogP contribution < -0.4 is 5.32 Å². The molecular formula is C14H10N9O2S-. The van der Waals surface area contributed by atoms with E-state index < -0.39 is 10.0 Å². The standard InChI is InChI=1S/C14H10N9O2S/c15-8-10(13-19-22-23-20-13)9-18-11-2-4-12(5-3-11)26(24,25)21-14-16-6-1-7-17-14/h1-7,9,18H,(H-,16,17,19,20,21,22,23)/q-1. The average molecular weight is 368 g/mol. The SMILES string of the molecule is N#CC(=CNc1ccc(S(=O)(=O)[N-]c2ncccn2)cc1)c1nn[nH]n1. The molecule has 0 radical (unpaired) electrons. The first-order valence-corrected chi connectivity index (χ1v) is 8.48. The van der Waals surface area contributed by atoms with E-state index >= 15 is 0 Å². The molecule has 2 heterocycles. The predicted octanol–water partition coefficient (Wildman–Crippen LogP) is 1.36. The normalized spacial score (nSPS) is 11.6. The average Bonchev–Trinajstić information content (AvgIpc) is 3.18. The largest absolute Gasteiger partial charge is 0.366 e. The summed E-state index contributed by atoms with van der Waals surface area (Å²) in [5.41, 5.74) is 0.711. The van der Waals surface area contributed by atoms with Crippen molar-refractivity contribution in [3.63, 3.8) is 0 Å². The highest BCUT2D eigenvalue weighted by molar-refractivity contribution is 7.94. The first kappa shape index (κ1) is 17.0. The molecule has 0 aliphatic carbocycles. The maximum atomic E-state index is 12.2. The van der Waals surface area contributed by atoms with Gasteiger partial charge in [0.15, 0.2) is 0 Å². The van der Waals surface area contributed by atoms with E-state index in [2.05, 4.69) is 40.6 Å². The van der Waals surface area contributed by atoms with Gasteiger partial charge in [-0.05, 0) is 41.9 Å². The number of nitrogens with zero attached hydrogens (tertiary/aromatic N) is 7. The van der Waals surface area contributed by atoms with Gasteiger partial charge in [-0.25, -0.2) is 8.42 Å². The summed E-state index contributed by atoms with van der Waals surface area (Å²) in [5.74, 6) is -0.00253. The number of H-pyrrole nitrogens is 1. The first-order chi connectivity index (χ1) is 12.6. The Hall–Kier alpha value is -3.85. The van der Waals surface area contributed by atoms with Crippen molar-refractivity contribution in [2.45, 2.75) is 4.90 Å². The zero-order valence-corrected chi connectivity index (χ0v) is 13.8. The Balaban J connectivity index is 1.73. The van der Waals surface area contributed by atoms with Crippen LogP contribution in [0.2, 0.25) is 0 Å². The summed E-state index contributed by atoms with van der Waals surface area (Å²) in [6.07, 6.45) is 4.19. The van der Waals surface area contributed by atoms with E-state index in [1.165, 1.54) is 42.9 Å². The van der Waals surface area contributed by atoms with Gasteiger partial charge in [0.25, 0.3) is 0 Å². The molecule has 0 saturated heterocycles. The second-order valence-corrected chi connectivity index (χ2v) is 6.29. The lowest BCUT2D eigenvalue weighted by atomic mass is 10.3. The van der Waals surface area contributed by atoms with Gasteiger partial charge < -0.3 is 15.3 Å². The first-order valence-electron chi connectivity index (χ1n) is 7.04. The summed E-state index contributed by atoms with van der Waals surface area (Å²) in [6, 6.07) is 9.28. The van der Waals surface area contributed by atoms with Crippen molar-refractivity contribution in [1.29, 1.82) is 5.26 Å². The molecule has 0 amide bonds. The van der Waals surface area contributed by atoms with Gasteiger partial charge in [-0.1, -0.05) is 6.07 Å². The molecule has 0 atom stereocenters. The summed E-state index contributed by atoms with van der Waals surface area (Å²) in [6.45, 7) is 0. The fourth-order valence-corrected chi connectivity index (χ4v) is 2.69. The Morgan fingerprint density at radius 3 is 2.58 bits per heavy atom. The molecule has 12 heteroatoms. The van der Waals surface area contributed by atoms with Crippen LogP contribution in [-0.2, 0) is 10.0 Å². The Morgan fingerprint density at radius 2 is 1.96 bits per heavy atom. The molecule has 0 aliphatic heterocycles. The molecule has 130 valence electrons. The van der Waals surface area contributed by atoms with Crippen molar-refractivity contribution < 1.29 is 8.42 Å². The van der Waals surface area contributed by atoms with E-state index in [1.807, 2.05) is 6.07 Å². The summed E-state index contributed by atoms with van der Waals surface area (Å²) < 4.78 is 28.0. The topological polar surface area (TPSA) is 164 Å². The zero-order valence-electron chi connectivity index (χ0n) is 13.0. The van der Waals surface area contributed by atoms with Crippen LogP contribution in [0.5, 0.6) is 0 Å². The molecule has 0 saturated carbocycles. The van der Waals surface area contributed by atoms with Crippen molar-refractivity contribution >= 4 is 27.2 Å². The summed E-state index contributed by atoms with van der Waals surface area (Å²) in [7, 11) is -3.93. The van der Waals surface area contributed by atoms with Crippen LogP contribution in [-0.4, -0.2) is 39.0 Å². The van der Waals surface area contributed by atoms with Gasteiger partial charge in [-0.2, -0.15) is 10.5 Å². The van der Waals surface area contributed by atoms with Gasteiger partial charge in [0.2, 0.25) is 15.8 Å². The maximum Gasteiger partial charge on any atom is 0.229 e. The van der Waals surface area contributed by atoms with E-state index in [4.69, 9.17) is 5.26 Å². The molecule has 0 aliphatic rings. The number of allylic oxidation sites excluding steroid dienone is 1. The van der Waals surface area contributed by atoms with Crippen LogP contribution in [0.25, 0.3) is 10.3 Å². The smallest absolute Gasteiger partial charge is 0.229 e. The molecule has 0 unspecified atom stereocenters. The highest BCUT2D eigenvalue weighted by atomic mass is 32.2. The van der Waals surface area contributed by atoms with Gasteiger partial charge in [-0.3, -0.25) is 4.72 Å². The van der Waals surface area contributed by atoms with Crippen LogP contribution in [0.15, 0.2) is 53.8 Å². The summed E-state index contributed by atoms with van der Waals surface area (Å²) in [4.78, 5) is 7.51. The second-order valence-electron chi connectivity index (χ2n) is 4.69. The van der Waals surface area contributed by atoms with E-state index in [0.717, 1.165) is 0 Å². The molecule has 2 aromatic heterocycles. The van der Waals surface area contributed by atoms with Crippen molar-refractivity contribution in [3.8, 4) is 6.07 Å². The number of tetrazole rings is 1. The number of rotatable bonds is 6. The van der Waals surface area contributed by atoms with Crippen LogP contribution >= 0.6 is 0 Å². The van der Waals surface area contributed by atoms with Crippen LogP contribution in [0.1, 0.15) is 5.82 Å². The van der Waals surface area contributed by atoms with E-state index in [1.54, 1.807) is 6.07 Å². The molecule has 1 aromatic carbocycles. The zero-order chi connectivity index (χ0) is 18.4. The predicted molar refractivity (Wildman–Crippen MR) is 90.1 cm³/mol. The number of nitriles is 1. The third kappa shape index (κ3) is 3.97. The molecule has 26 heavy (non-hydrogen) atoms. The monoisotopic (exact) mass is 368 g/mol. The van der Waals surface area contributed by atoms with Gasteiger partial charge in [0.05, 0.1) is 4.90 Å². The molecule has 0 bridgehead atoms. The van der Waals surface area contributed by atoms with Gasteiger partial charge >= 0.3 is 0 Å². The molecule has 3 aromatic rings. The quantitative estimate of drug-likeness (QED) is 0.611. The van der Waals surface area contributed by atoms with Gasteiger partial charge in [-0.15, -0.1) is 10.2 Å². The van der Waals surface area contributed by atoms with Crippen molar-refractivity contribution in [3.05, 3.63) is 59.5 Å². The number of aromatic nitrogens is 6. The lowest BCUT2D eigenvalue weighted by Gasteiger charge is -2.12. The van der Waals surface area contributed by atoms with Gasteiger partial charge in [0.1, 0.15) is 11.6 Å². The van der Waals surface area contributed by atoms with Crippen molar-refractivity contribution in [2.24, 2.45) is 0 Å². The molecule has 0 spiro atoms. The summed E-state index contributed by atoms with van der Waals surface area (Å²) >= 11 is 0. The van der Waals surface area contributed by atoms with E-state index in [-0.39, 0.29) is 22.2 Å². The number of aromatic amines is 1.